The van der Waals surface area contributed by atoms with Gasteiger partial charge in [0.2, 0.25) is 0 Å². The first-order valence-corrected chi connectivity index (χ1v) is 14.5. The third-order valence-corrected chi connectivity index (χ3v) is 8.81. The summed E-state index contributed by atoms with van der Waals surface area (Å²) in [4.78, 5) is 0. The molecule has 9 aromatic carbocycles. The Bertz CT molecular complexity index is 4150. The predicted octanol–water partition coefficient (Wildman–Crippen LogP) is 13.1. The second-order valence-corrected chi connectivity index (χ2v) is 11.6. The van der Waals surface area contributed by atoms with Gasteiger partial charge in [0.05, 0.1) is 35.6 Å². The summed E-state index contributed by atoms with van der Waals surface area (Å²) in [6, 6.07) is -21.4. The predicted molar refractivity (Wildman–Crippen MR) is 202 cm³/mol. The molecule has 0 N–H and O–H groups in total. The maximum Gasteiger partial charge on any atom is 0.0633 e. The molecule has 47 heavy (non-hydrogen) atoms. The summed E-state index contributed by atoms with van der Waals surface area (Å²) >= 11 is 0. The fourth-order valence-corrected chi connectivity index (χ4v) is 6.69. The summed E-state index contributed by atoms with van der Waals surface area (Å²) in [6.45, 7) is 3.01. The Morgan fingerprint density at radius 1 is 0.362 bits per heavy atom. The van der Waals surface area contributed by atoms with Gasteiger partial charge in [-0.15, -0.1) is 0 Å². The number of fused-ring (bicyclic) bond motifs is 10. The van der Waals surface area contributed by atoms with Crippen LogP contribution in [0.2, 0.25) is 0 Å². The van der Waals surface area contributed by atoms with Crippen molar-refractivity contribution in [1.82, 2.24) is 0 Å². The molecule has 0 spiro atoms. The Morgan fingerprint density at radius 3 is 1.62 bits per heavy atom. The molecule has 0 saturated carbocycles. The highest BCUT2D eigenvalue weighted by molar-refractivity contribution is 6.25. The van der Waals surface area contributed by atoms with E-state index in [2.05, 4.69) is 0 Å². The van der Waals surface area contributed by atoms with E-state index in [1.165, 1.54) is 13.8 Å². The van der Waals surface area contributed by atoms with Gasteiger partial charge in [-0.05, 0) is 104 Å². The zero-order valence-electron chi connectivity index (χ0n) is 50.5. The van der Waals surface area contributed by atoms with Crippen LogP contribution >= 0.6 is 0 Å². The van der Waals surface area contributed by atoms with Crippen molar-refractivity contribution in [3.63, 3.8) is 0 Å². The first kappa shape index (κ1) is 11.5. The minimum absolute atomic E-state index is 0.0475. The molecule has 1 aliphatic carbocycles. The van der Waals surface area contributed by atoms with Crippen LogP contribution in [0.15, 0.2) is 157 Å². The minimum Gasteiger partial charge on any atom is -0.0616 e. The van der Waals surface area contributed by atoms with Gasteiger partial charge in [0.25, 0.3) is 0 Å². The molecule has 0 heteroatoms. The first-order valence-electron chi connectivity index (χ1n) is 27.5. The quantitative estimate of drug-likeness (QED) is 0.133. The second kappa shape index (κ2) is 9.64. The van der Waals surface area contributed by atoms with Gasteiger partial charge in [-0.2, -0.15) is 0 Å². The van der Waals surface area contributed by atoms with Crippen molar-refractivity contribution in [1.29, 1.82) is 0 Å². The van der Waals surface area contributed by atoms with Crippen molar-refractivity contribution in [2.24, 2.45) is 0 Å². The van der Waals surface area contributed by atoms with E-state index in [0.717, 1.165) is 0 Å². The van der Waals surface area contributed by atoms with E-state index in [9.17, 15) is 13.7 Å². The van der Waals surface area contributed by atoms with E-state index < -0.39 is 228 Å². The van der Waals surface area contributed by atoms with Crippen molar-refractivity contribution >= 4 is 53.9 Å². The van der Waals surface area contributed by atoms with Gasteiger partial charge in [0.1, 0.15) is 0 Å². The lowest BCUT2D eigenvalue weighted by Crippen LogP contribution is -2.15. The van der Waals surface area contributed by atoms with Crippen LogP contribution in [0, 0.1) is 0 Å². The van der Waals surface area contributed by atoms with Crippen molar-refractivity contribution < 1.29 is 35.6 Å². The second-order valence-electron chi connectivity index (χ2n) is 11.6. The van der Waals surface area contributed by atoms with Crippen LogP contribution in [-0.2, 0) is 5.41 Å². The van der Waals surface area contributed by atoms with E-state index in [-0.39, 0.29) is 33.0 Å². The summed E-state index contributed by atoms with van der Waals surface area (Å²) in [5.74, 6) is 0. The zero-order valence-corrected chi connectivity index (χ0v) is 24.5. The molecule has 0 nitrogen and oxygen atoms in total. The lowest BCUT2D eigenvalue weighted by Gasteiger charge is -2.23. The average molecular weight is 623 g/mol. The molecule has 0 unspecified atom stereocenters. The molecule has 9 aromatic rings. The minimum atomic E-state index is -1.63. The molecular formula is C47H32. The van der Waals surface area contributed by atoms with Crippen LogP contribution in [-0.4, -0.2) is 0 Å². The van der Waals surface area contributed by atoms with E-state index in [4.69, 9.17) is 21.9 Å². The van der Waals surface area contributed by atoms with Crippen LogP contribution in [0.4, 0.5) is 0 Å². The molecule has 10 rings (SSSR count). The maximum atomic E-state index is 10.1. The summed E-state index contributed by atoms with van der Waals surface area (Å²) in [5, 5.41) is -5.52. The first-order chi connectivity index (χ1) is 33.9. The third kappa shape index (κ3) is 3.64. The molecule has 0 atom stereocenters. The Balaban J connectivity index is 1.52. The number of hydrogen-bond acceptors (Lipinski definition) is 0. The van der Waals surface area contributed by atoms with Crippen LogP contribution in [0.25, 0.3) is 87.2 Å². The van der Waals surface area contributed by atoms with Gasteiger partial charge in [-0.25, -0.2) is 0 Å². The van der Waals surface area contributed by atoms with Crippen molar-refractivity contribution in [2.75, 3.05) is 0 Å². The fraction of sp³-hybridized carbons (Fsp3) is 0.0638. The molecule has 0 fully saturated rings. The number of hydrogen-bond donors (Lipinski definition) is 0. The van der Waals surface area contributed by atoms with E-state index >= 15 is 0 Å². The molecule has 0 heterocycles. The topological polar surface area (TPSA) is 0 Å². The average Bonchev–Trinajstić information content (AvgIpc) is 3.60. The van der Waals surface area contributed by atoms with E-state index in [1.54, 1.807) is 0 Å². The van der Waals surface area contributed by atoms with Gasteiger partial charge < -0.3 is 0 Å². The van der Waals surface area contributed by atoms with Crippen LogP contribution < -0.4 is 0 Å². The summed E-state index contributed by atoms with van der Waals surface area (Å²) in [7, 11) is 0. The number of benzene rings is 9. The monoisotopic (exact) mass is 622 g/mol. The largest absolute Gasteiger partial charge is 0.0633 e. The van der Waals surface area contributed by atoms with Gasteiger partial charge in [-0.3, -0.25) is 0 Å². The molecule has 0 aliphatic heterocycles. The molecule has 220 valence electrons. The van der Waals surface area contributed by atoms with Crippen LogP contribution in [0.5, 0.6) is 0 Å². The summed E-state index contributed by atoms with van der Waals surface area (Å²) in [6.07, 6.45) is 0. The highest BCUT2D eigenvalue weighted by Crippen LogP contribution is 2.53. The smallest absolute Gasteiger partial charge is 0.0616 e. The molecule has 0 bridgehead atoms. The maximum absolute atomic E-state index is 10.1. The molecule has 0 amide bonds. The van der Waals surface area contributed by atoms with Crippen molar-refractivity contribution in [2.45, 2.75) is 19.3 Å². The van der Waals surface area contributed by atoms with Gasteiger partial charge >= 0.3 is 0 Å². The standard InChI is InChI=1S/C47H32/c1-47(2)42-27-24-30-13-4-6-15-33(30)46(42)41-26-23-31(28-43(41)47)44-37-16-7-9-18-39(37)45(40-19-10-8-17-38(40)44)36-21-11-20-34-32-14-5-3-12-29(32)22-25-35(34)36/h3-28H,1-2H3/i3D,4D,5D,6D,7D,8D,9D,10D,11D,12D,13D,14D,15D,16D,17D,18D,19D,20D,21D,22D,23D,24D,25D,26D,27D,28D. The lowest BCUT2D eigenvalue weighted by atomic mass is 9.80. The SMILES string of the molecule is [2H]c1c([2H])c2c(c([2H])c1-c1c3c([2H])c([2H])c([2H])c([2H])c3c(-c3c([2H])c([2H])c([2H])c4c3c([2H])c([2H])c3c([2H])c([2H])c([2H])c([2H])c34)c3c([2H])c([2H])c([2H])c([2H])c13)C(C)(C)c1c([2H])c([2H])c3c([2H])c([2H])c([2H])c([2H])c3c1-2. The highest BCUT2D eigenvalue weighted by atomic mass is 14.4. The van der Waals surface area contributed by atoms with E-state index in [1.807, 2.05) is 0 Å². The zero-order chi connectivity index (χ0) is 53.9. The Labute approximate surface area is 311 Å². The normalized spacial score (nSPS) is 21.2. The number of rotatable bonds is 2. The highest BCUT2D eigenvalue weighted by Gasteiger charge is 2.36. The van der Waals surface area contributed by atoms with Crippen LogP contribution in [0.1, 0.15) is 60.6 Å². The molecule has 0 saturated heterocycles. The van der Waals surface area contributed by atoms with Crippen molar-refractivity contribution in [3.05, 3.63) is 168 Å². The Hall–Kier alpha value is -5.72. The Morgan fingerprint density at radius 2 is 0.915 bits per heavy atom. The lowest BCUT2D eigenvalue weighted by molar-refractivity contribution is 0.661. The van der Waals surface area contributed by atoms with Crippen molar-refractivity contribution in [3.8, 4) is 33.4 Å². The van der Waals surface area contributed by atoms with Gasteiger partial charge in [0.15, 0.2) is 0 Å². The van der Waals surface area contributed by atoms with E-state index in [0.29, 0.717) is 0 Å². The molecular weight excluding hydrogens is 565 g/mol. The summed E-state index contributed by atoms with van der Waals surface area (Å²) in [5.41, 5.74) is -4.81. The third-order valence-electron chi connectivity index (χ3n) is 8.81. The summed E-state index contributed by atoms with van der Waals surface area (Å²) < 4.78 is 237. The molecule has 0 radical (unpaired) electrons. The Kier molecular flexibility index (Phi) is 2.36. The molecule has 1 aliphatic rings. The van der Waals surface area contributed by atoms with Gasteiger partial charge in [-0.1, -0.05) is 165 Å². The van der Waals surface area contributed by atoms with Gasteiger partial charge in [0, 0.05) is 5.41 Å². The fourth-order valence-electron chi connectivity index (χ4n) is 6.69. The van der Waals surface area contributed by atoms with Crippen LogP contribution in [0.3, 0.4) is 0 Å². The molecule has 0 aromatic heterocycles.